The number of nitrogens with zero attached hydrogens (tertiary/aromatic N) is 1. The fraction of sp³-hybridized carbons (Fsp3) is 0.182. The highest BCUT2D eigenvalue weighted by Gasteiger charge is 1.92. The number of hydrogen-bond donors (Lipinski definition) is 0. The molecule has 0 aliphatic carbocycles. The summed E-state index contributed by atoms with van der Waals surface area (Å²) in [4.78, 5) is 12.1. The summed E-state index contributed by atoms with van der Waals surface area (Å²) < 4.78 is 0. The summed E-state index contributed by atoms with van der Waals surface area (Å²) in [6.45, 7) is 0. The van der Waals surface area contributed by atoms with Gasteiger partial charge in [-0.05, 0) is 23.8 Å². The van der Waals surface area contributed by atoms with Crippen LogP contribution in [0.2, 0.25) is 0 Å². The maximum atomic E-state index is 10.1. The lowest BCUT2D eigenvalue weighted by Crippen LogP contribution is -2.07. The topological polar surface area (TPSA) is 20.3 Å². The highest BCUT2D eigenvalue weighted by Crippen LogP contribution is 2.12. The number of aldehydes is 1. The molecule has 1 aromatic carbocycles. The van der Waals surface area contributed by atoms with E-state index in [2.05, 4.69) is 22.4 Å². The van der Waals surface area contributed by atoms with Crippen LogP contribution < -0.4 is 4.90 Å². The zero-order chi connectivity index (χ0) is 13.1. The summed E-state index contributed by atoms with van der Waals surface area (Å²) >= 11 is 8.66. The van der Waals surface area contributed by atoms with Gasteiger partial charge in [-0.2, -0.15) is 0 Å². The minimum Gasteiger partial charge on any atom is -0.378 e. The average Bonchev–Trinajstić information content (AvgIpc) is 2.37. The third-order valence-corrected chi connectivity index (χ3v) is 4.03. The van der Waals surface area contributed by atoms with Crippen LogP contribution in [-0.2, 0) is 44.9 Å². The normalized spacial score (nSPS) is 9.06. The summed E-state index contributed by atoms with van der Waals surface area (Å²) in [5.41, 5.74) is 2.20. The van der Waals surface area contributed by atoms with Crippen molar-refractivity contribution >= 4 is 58.2 Å². The third kappa shape index (κ3) is 8.09. The van der Waals surface area contributed by atoms with E-state index in [1.165, 1.54) is 23.8 Å². The van der Waals surface area contributed by atoms with Crippen molar-refractivity contribution in [3.63, 3.8) is 0 Å². The first-order valence-corrected chi connectivity index (χ1v) is 8.63. The second-order valence-corrected chi connectivity index (χ2v) is 6.66. The Morgan fingerprint density at radius 1 is 1.12 bits per heavy atom. The summed E-state index contributed by atoms with van der Waals surface area (Å²) in [5, 5.41) is 0. The van der Waals surface area contributed by atoms with Crippen LogP contribution in [-0.4, -0.2) is 20.4 Å². The van der Waals surface area contributed by atoms with Crippen molar-refractivity contribution in [3.8, 4) is 0 Å². The fourth-order valence-electron chi connectivity index (χ4n) is 1.03. The van der Waals surface area contributed by atoms with Crippen molar-refractivity contribution in [2.75, 3.05) is 19.0 Å². The number of carbonyl (C=O) groups is 1. The maximum absolute atomic E-state index is 10.1. The third-order valence-electron chi connectivity index (χ3n) is 1.80. The zero-order valence-electron chi connectivity index (χ0n) is 9.53. The molecule has 0 aliphatic rings. The van der Waals surface area contributed by atoms with E-state index in [4.69, 9.17) is 0 Å². The Morgan fingerprint density at radius 3 is 2.00 bits per heavy atom. The van der Waals surface area contributed by atoms with Crippen LogP contribution in [0, 0.1) is 0 Å². The average molecular weight is 303 g/mol. The molecule has 1 rings (SSSR count). The molecule has 0 amide bonds. The van der Waals surface area contributed by atoms with E-state index >= 15 is 0 Å². The number of carbonyl (C=O) groups excluding carboxylic acids is 1. The Hall–Kier alpha value is -0.690. The van der Waals surface area contributed by atoms with Gasteiger partial charge in [0.05, 0.1) is 0 Å². The van der Waals surface area contributed by atoms with Crippen molar-refractivity contribution in [1.82, 2.24) is 0 Å². The molecule has 0 bridgehead atoms. The molecule has 92 valence electrons. The number of allylic oxidation sites excluding steroid dienone is 1. The molecule has 0 spiro atoms. The van der Waals surface area contributed by atoms with Crippen LogP contribution in [0.4, 0.5) is 5.69 Å². The molecular formula is C11H13NOS4. The molecule has 0 N–H and O–H groups in total. The van der Waals surface area contributed by atoms with Crippen molar-refractivity contribution in [3.05, 3.63) is 35.9 Å². The molecule has 0 fully saturated rings. The van der Waals surface area contributed by atoms with Gasteiger partial charge >= 0.3 is 0 Å². The molecule has 0 aromatic heterocycles. The molecule has 0 aliphatic heterocycles. The Labute approximate surface area is 117 Å². The van der Waals surface area contributed by atoms with Crippen LogP contribution in [0.15, 0.2) is 30.3 Å². The first-order chi connectivity index (χ1) is 8.15. The summed E-state index contributed by atoms with van der Waals surface area (Å²) in [5.74, 6) is 0. The van der Waals surface area contributed by atoms with Gasteiger partial charge in [0.25, 0.3) is 0 Å². The van der Waals surface area contributed by atoms with Crippen LogP contribution in [0.1, 0.15) is 5.56 Å². The van der Waals surface area contributed by atoms with Gasteiger partial charge in [-0.15, -0.1) is 0 Å². The van der Waals surface area contributed by atoms with E-state index in [0.717, 1.165) is 17.5 Å². The minimum atomic E-state index is 0.778. The molecule has 6 heteroatoms. The second kappa shape index (κ2) is 10.5. The predicted octanol–water partition coefficient (Wildman–Crippen LogP) is 1.96. The Balaban J connectivity index is 0.000000557. The van der Waals surface area contributed by atoms with Crippen molar-refractivity contribution < 1.29 is 4.79 Å². The minimum absolute atomic E-state index is 0.778. The van der Waals surface area contributed by atoms with E-state index in [1.807, 2.05) is 43.3 Å². The van der Waals surface area contributed by atoms with Crippen LogP contribution in [0.5, 0.6) is 0 Å². The zero-order valence-corrected chi connectivity index (χ0v) is 12.8. The number of anilines is 1. The molecule has 0 unspecified atom stereocenters. The van der Waals surface area contributed by atoms with Gasteiger partial charge in [0.2, 0.25) is 0 Å². The van der Waals surface area contributed by atoms with Gasteiger partial charge in [-0.25, -0.2) is 0 Å². The summed E-state index contributed by atoms with van der Waals surface area (Å²) in [6.07, 6.45) is 4.05. The van der Waals surface area contributed by atoms with E-state index in [-0.39, 0.29) is 0 Å². The molecule has 0 heterocycles. The van der Waals surface area contributed by atoms with E-state index in [9.17, 15) is 4.79 Å². The van der Waals surface area contributed by atoms with Gasteiger partial charge in [-0.3, -0.25) is 4.79 Å². The van der Waals surface area contributed by atoms with E-state index in [1.54, 1.807) is 6.08 Å². The van der Waals surface area contributed by atoms with Crippen LogP contribution in [0.25, 0.3) is 6.08 Å². The van der Waals surface area contributed by atoms with Crippen molar-refractivity contribution in [2.45, 2.75) is 0 Å². The maximum Gasteiger partial charge on any atom is 0.142 e. The first-order valence-electron chi connectivity index (χ1n) is 4.63. The summed E-state index contributed by atoms with van der Waals surface area (Å²) in [7, 11) is 6.34. The van der Waals surface area contributed by atoms with E-state index in [0.29, 0.717) is 0 Å². The second-order valence-electron chi connectivity index (χ2n) is 3.12. The lowest BCUT2D eigenvalue weighted by Gasteiger charge is -2.11. The number of hydrogen-bond acceptors (Lipinski definition) is 4. The van der Waals surface area contributed by atoms with E-state index < -0.39 is 0 Å². The van der Waals surface area contributed by atoms with Crippen LogP contribution >= 0.6 is 0 Å². The summed E-state index contributed by atoms with van der Waals surface area (Å²) in [6, 6.07) is 8.00. The largest absolute Gasteiger partial charge is 0.378 e. The molecule has 0 saturated carbocycles. The monoisotopic (exact) mass is 303 g/mol. The lowest BCUT2D eigenvalue weighted by atomic mass is 10.2. The molecular weight excluding hydrogens is 290 g/mol. The molecule has 17 heavy (non-hydrogen) atoms. The van der Waals surface area contributed by atoms with Gasteiger partial charge in [-0.1, -0.05) is 18.2 Å². The Morgan fingerprint density at radius 2 is 1.65 bits per heavy atom. The fourth-order valence-corrected chi connectivity index (χ4v) is 1.03. The first kappa shape index (κ1) is 16.3. The van der Waals surface area contributed by atoms with Gasteiger partial charge in [0.1, 0.15) is 6.29 Å². The molecule has 0 atom stereocenters. The Bertz CT molecular complexity index is 433. The van der Waals surface area contributed by atoms with Gasteiger partial charge in [0.15, 0.2) is 0 Å². The smallest absolute Gasteiger partial charge is 0.142 e. The predicted molar refractivity (Wildman–Crippen MR) is 85.3 cm³/mol. The molecule has 2 nitrogen and oxygen atoms in total. The van der Waals surface area contributed by atoms with Crippen molar-refractivity contribution in [2.24, 2.45) is 0 Å². The van der Waals surface area contributed by atoms with Crippen molar-refractivity contribution in [1.29, 1.82) is 0 Å². The lowest BCUT2D eigenvalue weighted by molar-refractivity contribution is -0.104. The highest BCUT2D eigenvalue weighted by atomic mass is 33.2. The Kier molecular flexibility index (Phi) is 10.0. The number of rotatable bonds is 3. The quantitative estimate of drug-likeness (QED) is 0.628. The van der Waals surface area contributed by atoms with Gasteiger partial charge < -0.3 is 4.90 Å². The molecule has 0 radical (unpaired) electrons. The SMILES string of the molecule is CN(C)c1ccc(/C=C/C=O)cc1.S=S=S=S. The van der Waals surface area contributed by atoms with Crippen LogP contribution in [0.3, 0.4) is 0 Å². The molecule has 1 aromatic rings. The van der Waals surface area contributed by atoms with Gasteiger partial charge in [0, 0.05) is 59.9 Å². The number of benzene rings is 1. The molecule has 0 saturated heterocycles. The highest BCUT2D eigenvalue weighted by molar-refractivity contribution is 8.51. The standard InChI is InChI=1S/C11H13NO.S4/c1-12(2)11-7-5-10(6-8-11)4-3-9-13;1-3-4-2/h3-9H,1-2H3;/b4-3+;.